The summed E-state index contributed by atoms with van der Waals surface area (Å²) in [6.45, 7) is 0. The fourth-order valence-corrected chi connectivity index (χ4v) is 2.28. The van der Waals surface area contributed by atoms with Crippen molar-refractivity contribution in [2.45, 2.75) is 6.36 Å². The van der Waals surface area contributed by atoms with Crippen LogP contribution in [0.5, 0.6) is 5.75 Å². The van der Waals surface area contributed by atoms with Gasteiger partial charge in [0.15, 0.2) is 5.69 Å². The fourth-order valence-electron chi connectivity index (χ4n) is 1.46. The van der Waals surface area contributed by atoms with Crippen LogP contribution >= 0.6 is 11.3 Å². The van der Waals surface area contributed by atoms with Gasteiger partial charge >= 0.3 is 12.3 Å². The van der Waals surface area contributed by atoms with E-state index in [0.717, 1.165) is 23.5 Å². The Morgan fingerprint density at radius 3 is 2.62 bits per heavy atom. The Bertz CT molecular complexity index is 669. The van der Waals surface area contributed by atoms with Crippen LogP contribution in [0.3, 0.4) is 0 Å². The third-order valence-corrected chi connectivity index (χ3v) is 3.18. The topological polar surface area (TPSA) is 48.4 Å². The first kappa shape index (κ1) is 15.2. The summed E-state index contributed by atoms with van der Waals surface area (Å²) in [4.78, 5) is 15.1. The van der Waals surface area contributed by atoms with Gasteiger partial charge in [-0.15, -0.1) is 24.5 Å². The molecule has 0 spiro atoms. The van der Waals surface area contributed by atoms with E-state index in [4.69, 9.17) is 0 Å². The molecule has 112 valence electrons. The molecular formula is C12H7F4NO3S. The van der Waals surface area contributed by atoms with E-state index in [0.29, 0.717) is 6.07 Å². The second-order valence-corrected chi connectivity index (χ2v) is 4.58. The summed E-state index contributed by atoms with van der Waals surface area (Å²) in [5, 5.41) is 1.51. The van der Waals surface area contributed by atoms with E-state index in [1.54, 1.807) is 0 Å². The normalized spacial score (nSPS) is 11.3. The molecule has 21 heavy (non-hydrogen) atoms. The maximum Gasteiger partial charge on any atom is 0.573 e. The molecule has 2 rings (SSSR count). The molecule has 0 atom stereocenters. The van der Waals surface area contributed by atoms with Crippen LogP contribution in [0.2, 0.25) is 0 Å². The number of methoxy groups -OCH3 is 1. The quantitative estimate of drug-likeness (QED) is 0.640. The van der Waals surface area contributed by atoms with Crippen LogP contribution < -0.4 is 4.74 Å². The second kappa shape index (κ2) is 5.68. The van der Waals surface area contributed by atoms with Crippen molar-refractivity contribution < 1.29 is 31.8 Å². The maximum absolute atomic E-state index is 13.8. The lowest BCUT2D eigenvalue weighted by molar-refractivity contribution is -0.274. The number of thiazole rings is 1. The van der Waals surface area contributed by atoms with Crippen LogP contribution in [-0.2, 0) is 4.74 Å². The standard InChI is InChI=1S/C12H7F4NO3S/c1-19-11(18)9-5-21-10(17-9)7-3-2-6(4-8(7)13)20-12(14,15)16/h2-5H,1H3. The first-order chi connectivity index (χ1) is 9.80. The Morgan fingerprint density at radius 2 is 2.05 bits per heavy atom. The largest absolute Gasteiger partial charge is 0.573 e. The molecule has 0 aliphatic heterocycles. The first-order valence-corrected chi connectivity index (χ1v) is 6.27. The highest BCUT2D eigenvalue weighted by Crippen LogP contribution is 2.31. The number of hydrogen-bond donors (Lipinski definition) is 0. The minimum absolute atomic E-state index is 0.00693. The van der Waals surface area contributed by atoms with Crippen molar-refractivity contribution in [3.63, 3.8) is 0 Å². The van der Waals surface area contributed by atoms with Gasteiger partial charge in [-0.3, -0.25) is 0 Å². The van der Waals surface area contributed by atoms with E-state index >= 15 is 0 Å². The lowest BCUT2D eigenvalue weighted by atomic mass is 10.2. The fraction of sp³-hybridized carbons (Fsp3) is 0.167. The number of ether oxygens (including phenoxy) is 2. The van der Waals surface area contributed by atoms with Crippen LogP contribution in [0.25, 0.3) is 10.6 Å². The first-order valence-electron chi connectivity index (χ1n) is 5.39. The molecule has 1 heterocycles. The summed E-state index contributed by atoms with van der Waals surface area (Å²) in [7, 11) is 1.17. The van der Waals surface area contributed by atoms with Gasteiger partial charge in [-0.1, -0.05) is 0 Å². The lowest BCUT2D eigenvalue weighted by Crippen LogP contribution is -2.17. The third-order valence-electron chi connectivity index (χ3n) is 2.30. The predicted molar refractivity (Wildman–Crippen MR) is 65.5 cm³/mol. The number of alkyl halides is 3. The van der Waals surface area contributed by atoms with Gasteiger partial charge in [-0.2, -0.15) is 0 Å². The van der Waals surface area contributed by atoms with Crippen molar-refractivity contribution in [2.24, 2.45) is 0 Å². The predicted octanol–water partition coefficient (Wildman–Crippen LogP) is 3.63. The molecule has 0 radical (unpaired) electrons. The van der Waals surface area contributed by atoms with Gasteiger partial charge in [0.05, 0.1) is 7.11 Å². The van der Waals surface area contributed by atoms with E-state index in [-0.39, 0.29) is 16.3 Å². The minimum Gasteiger partial charge on any atom is -0.464 e. The number of aromatic nitrogens is 1. The van der Waals surface area contributed by atoms with Crippen molar-refractivity contribution in [1.82, 2.24) is 4.98 Å². The van der Waals surface area contributed by atoms with Gasteiger partial charge in [0.25, 0.3) is 0 Å². The van der Waals surface area contributed by atoms with Gasteiger partial charge in [0.1, 0.15) is 16.6 Å². The second-order valence-electron chi connectivity index (χ2n) is 3.72. The number of benzene rings is 1. The van der Waals surface area contributed by atoms with Crippen LogP contribution in [0.4, 0.5) is 17.6 Å². The number of halogens is 4. The van der Waals surface area contributed by atoms with E-state index in [2.05, 4.69) is 14.5 Å². The van der Waals surface area contributed by atoms with Crippen molar-refractivity contribution in [2.75, 3.05) is 7.11 Å². The van der Waals surface area contributed by atoms with E-state index in [9.17, 15) is 22.4 Å². The average molecular weight is 321 g/mol. The van der Waals surface area contributed by atoms with Crippen molar-refractivity contribution in [3.8, 4) is 16.3 Å². The van der Waals surface area contributed by atoms with E-state index in [1.165, 1.54) is 12.5 Å². The molecule has 9 heteroatoms. The molecule has 1 aromatic carbocycles. The summed E-state index contributed by atoms with van der Waals surface area (Å²) >= 11 is 0.965. The summed E-state index contributed by atoms with van der Waals surface area (Å²) < 4.78 is 57.9. The molecule has 0 fully saturated rings. The number of hydrogen-bond acceptors (Lipinski definition) is 5. The van der Waals surface area contributed by atoms with Crippen LogP contribution in [0.1, 0.15) is 10.5 Å². The average Bonchev–Trinajstić information content (AvgIpc) is 2.85. The molecule has 0 saturated heterocycles. The van der Waals surface area contributed by atoms with Gasteiger partial charge < -0.3 is 9.47 Å². The maximum atomic E-state index is 13.8. The Balaban J connectivity index is 2.29. The molecule has 0 amide bonds. The van der Waals surface area contributed by atoms with Crippen LogP contribution in [0.15, 0.2) is 23.6 Å². The smallest absolute Gasteiger partial charge is 0.464 e. The molecule has 4 nitrogen and oxygen atoms in total. The number of esters is 1. The zero-order valence-corrected chi connectivity index (χ0v) is 11.2. The van der Waals surface area contributed by atoms with Crippen molar-refractivity contribution >= 4 is 17.3 Å². The lowest BCUT2D eigenvalue weighted by Gasteiger charge is -2.09. The zero-order chi connectivity index (χ0) is 15.6. The minimum atomic E-state index is -4.90. The molecule has 0 unspecified atom stereocenters. The van der Waals surface area contributed by atoms with Crippen molar-refractivity contribution in [1.29, 1.82) is 0 Å². The Hall–Kier alpha value is -2.16. The molecule has 0 saturated carbocycles. The van der Waals surface area contributed by atoms with Gasteiger partial charge in [0, 0.05) is 17.0 Å². The molecule has 2 aromatic rings. The van der Waals surface area contributed by atoms with Crippen LogP contribution in [0, 0.1) is 5.82 Å². The summed E-state index contributed by atoms with van der Waals surface area (Å²) in [5.74, 6) is -2.30. The molecule has 1 aromatic heterocycles. The number of nitrogens with zero attached hydrogens (tertiary/aromatic N) is 1. The summed E-state index contributed by atoms with van der Waals surface area (Å²) in [5.41, 5.74) is -0.0443. The van der Waals surface area contributed by atoms with E-state index in [1.807, 2.05) is 0 Å². The Labute approximate surface area is 119 Å². The zero-order valence-electron chi connectivity index (χ0n) is 10.4. The highest BCUT2D eigenvalue weighted by Gasteiger charge is 2.31. The van der Waals surface area contributed by atoms with E-state index < -0.39 is 23.9 Å². The Morgan fingerprint density at radius 1 is 1.33 bits per heavy atom. The van der Waals surface area contributed by atoms with Gasteiger partial charge in [-0.25, -0.2) is 14.2 Å². The summed E-state index contributed by atoms with van der Waals surface area (Å²) in [6.07, 6.45) is -4.90. The SMILES string of the molecule is COC(=O)c1csc(-c2ccc(OC(F)(F)F)cc2F)n1. The number of carbonyl (C=O) groups is 1. The molecule has 0 N–H and O–H groups in total. The van der Waals surface area contributed by atoms with Crippen LogP contribution in [-0.4, -0.2) is 24.4 Å². The molecular weight excluding hydrogens is 314 g/mol. The van der Waals surface area contributed by atoms with Crippen molar-refractivity contribution in [3.05, 3.63) is 35.1 Å². The monoisotopic (exact) mass is 321 g/mol. The third kappa shape index (κ3) is 3.69. The van der Waals surface area contributed by atoms with Gasteiger partial charge in [-0.05, 0) is 12.1 Å². The Kier molecular flexibility index (Phi) is 4.12. The number of rotatable bonds is 3. The highest BCUT2D eigenvalue weighted by molar-refractivity contribution is 7.13. The molecule has 0 aliphatic rings. The molecule has 0 bridgehead atoms. The van der Waals surface area contributed by atoms with Gasteiger partial charge in [0.2, 0.25) is 0 Å². The molecule has 0 aliphatic carbocycles. The number of carbonyl (C=O) groups excluding carboxylic acids is 1. The summed E-state index contributed by atoms with van der Waals surface area (Å²) in [6, 6.07) is 2.66. The highest BCUT2D eigenvalue weighted by atomic mass is 32.1.